The lowest BCUT2D eigenvalue weighted by molar-refractivity contribution is 0.0738. The zero-order valence-corrected chi connectivity index (χ0v) is 14.2. The van der Waals surface area contributed by atoms with Crippen LogP contribution in [0.5, 0.6) is 0 Å². The first-order valence-electron chi connectivity index (χ1n) is 8.70. The summed E-state index contributed by atoms with van der Waals surface area (Å²) in [7, 11) is 0. The van der Waals surface area contributed by atoms with Gasteiger partial charge in [0.15, 0.2) is 0 Å². The number of aliphatic hydroxyl groups is 1. The van der Waals surface area contributed by atoms with Gasteiger partial charge in [0, 0.05) is 30.7 Å². The Morgan fingerprint density at radius 3 is 2.65 bits per heavy atom. The number of nitrogens with zero attached hydrogens (tertiary/aromatic N) is 3. The van der Waals surface area contributed by atoms with Crippen LogP contribution >= 0.6 is 0 Å². The number of hydrogen-bond acceptors (Lipinski definition) is 4. The maximum absolute atomic E-state index is 10.00. The molecule has 0 aromatic carbocycles. The van der Waals surface area contributed by atoms with Crippen molar-refractivity contribution >= 4 is 11.9 Å². The number of aromatic nitrogens is 1. The van der Waals surface area contributed by atoms with E-state index in [1.807, 2.05) is 18.3 Å². The van der Waals surface area contributed by atoms with E-state index in [-0.39, 0.29) is 0 Å². The molecule has 1 fully saturated rings. The van der Waals surface area contributed by atoms with E-state index in [1.165, 1.54) is 32.1 Å². The Morgan fingerprint density at radius 1 is 1.22 bits per heavy atom. The molecule has 0 saturated heterocycles. The van der Waals surface area contributed by atoms with Gasteiger partial charge in [0.2, 0.25) is 0 Å². The smallest absolute Gasteiger partial charge is 0.101 e. The highest BCUT2D eigenvalue weighted by Crippen LogP contribution is 2.26. The van der Waals surface area contributed by atoms with Crippen LogP contribution in [0.15, 0.2) is 29.5 Å². The average Bonchev–Trinajstić information content (AvgIpc) is 2.55. The molecular formula is C19H27N3O. The van der Waals surface area contributed by atoms with Gasteiger partial charge in [0.1, 0.15) is 5.60 Å². The van der Waals surface area contributed by atoms with Crippen LogP contribution in [0.3, 0.4) is 0 Å². The van der Waals surface area contributed by atoms with Gasteiger partial charge >= 0.3 is 0 Å². The molecule has 1 aromatic heterocycles. The summed E-state index contributed by atoms with van der Waals surface area (Å²) in [6, 6.07) is 3.87. The first-order chi connectivity index (χ1) is 11.0. The predicted molar refractivity (Wildman–Crippen MR) is 94.1 cm³/mol. The second-order valence-electron chi connectivity index (χ2n) is 7.28. The molecule has 0 radical (unpaired) electrons. The highest BCUT2D eigenvalue weighted by atomic mass is 16.3. The molecule has 23 heavy (non-hydrogen) atoms. The summed E-state index contributed by atoms with van der Waals surface area (Å²) < 4.78 is 0. The molecule has 0 unspecified atom stereocenters. The van der Waals surface area contributed by atoms with Crippen molar-refractivity contribution < 1.29 is 5.11 Å². The fraction of sp³-hybridized carbons (Fsp3) is 0.579. The third-order valence-electron chi connectivity index (χ3n) is 4.75. The van der Waals surface area contributed by atoms with E-state index in [1.54, 1.807) is 20.0 Å². The molecule has 2 heterocycles. The van der Waals surface area contributed by atoms with E-state index >= 15 is 0 Å². The van der Waals surface area contributed by atoms with Crippen LogP contribution in [0.2, 0.25) is 0 Å². The van der Waals surface area contributed by atoms with Gasteiger partial charge in [0.25, 0.3) is 0 Å². The summed E-state index contributed by atoms with van der Waals surface area (Å²) in [5, 5.41) is 10.00. The molecule has 124 valence electrons. The van der Waals surface area contributed by atoms with Crippen LogP contribution in [0.25, 0.3) is 5.70 Å². The van der Waals surface area contributed by atoms with Crippen LogP contribution < -0.4 is 0 Å². The second kappa shape index (κ2) is 6.83. The lowest BCUT2D eigenvalue weighted by Gasteiger charge is -2.29. The SMILES string of the molecule is CC(C)(O)c1ccc(C2=CN(CC3CCCCC3)CC=N2)cn1. The highest BCUT2D eigenvalue weighted by molar-refractivity contribution is 5.76. The third-order valence-corrected chi connectivity index (χ3v) is 4.75. The molecule has 2 aliphatic rings. The van der Waals surface area contributed by atoms with E-state index < -0.39 is 5.60 Å². The Balaban J connectivity index is 1.69. The minimum absolute atomic E-state index is 0.681. The van der Waals surface area contributed by atoms with Gasteiger partial charge in [-0.15, -0.1) is 0 Å². The van der Waals surface area contributed by atoms with Crippen LogP contribution in [0, 0.1) is 5.92 Å². The van der Waals surface area contributed by atoms with Gasteiger partial charge in [-0.1, -0.05) is 19.3 Å². The van der Waals surface area contributed by atoms with Gasteiger partial charge in [-0.25, -0.2) is 0 Å². The molecule has 1 saturated carbocycles. The van der Waals surface area contributed by atoms with Crippen molar-refractivity contribution in [3.8, 4) is 0 Å². The summed E-state index contributed by atoms with van der Waals surface area (Å²) in [5.41, 5.74) is 1.74. The molecule has 0 bridgehead atoms. The van der Waals surface area contributed by atoms with Gasteiger partial charge in [0.05, 0.1) is 17.9 Å². The minimum Gasteiger partial charge on any atom is -0.384 e. The lowest BCUT2D eigenvalue weighted by Crippen LogP contribution is -2.29. The fourth-order valence-electron chi connectivity index (χ4n) is 3.39. The van der Waals surface area contributed by atoms with E-state index in [0.29, 0.717) is 5.69 Å². The molecule has 0 atom stereocenters. The Kier molecular flexibility index (Phi) is 4.81. The van der Waals surface area contributed by atoms with Crippen LogP contribution in [-0.2, 0) is 5.60 Å². The first kappa shape index (κ1) is 16.2. The van der Waals surface area contributed by atoms with E-state index in [0.717, 1.165) is 30.3 Å². The number of rotatable bonds is 4. The summed E-state index contributed by atoms with van der Waals surface area (Å²) in [5.74, 6) is 0.823. The first-order valence-corrected chi connectivity index (χ1v) is 8.70. The van der Waals surface area contributed by atoms with Crippen molar-refractivity contribution in [3.05, 3.63) is 35.8 Å². The normalized spacial score (nSPS) is 19.8. The molecule has 1 aliphatic carbocycles. The predicted octanol–water partition coefficient (Wildman–Crippen LogP) is 3.57. The largest absolute Gasteiger partial charge is 0.384 e. The monoisotopic (exact) mass is 313 g/mol. The molecule has 0 amide bonds. The summed E-state index contributed by atoms with van der Waals surface area (Å²) >= 11 is 0. The summed E-state index contributed by atoms with van der Waals surface area (Å²) in [4.78, 5) is 11.3. The Labute approximate surface area is 139 Å². The maximum atomic E-state index is 10.00. The maximum Gasteiger partial charge on any atom is 0.101 e. The number of aliphatic imine (C=N–C) groups is 1. The molecule has 3 rings (SSSR count). The quantitative estimate of drug-likeness (QED) is 0.924. The Bertz CT molecular complexity index is 578. The Morgan fingerprint density at radius 2 is 2.00 bits per heavy atom. The second-order valence-corrected chi connectivity index (χ2v) is 7.28. The van der Waals surface area contributed by atoms with Gasteiger partial charge < -0.3 is 10.0 Å². The van der Waals surface area contributed by atoms with Crippen molar-refractivity contribution in [2.75, 3.05) is 13.1 Å². The zero-order valence-electron chi connectivity index (χ0n) is 14.2. The standard InChI is InChI=1S/C19H27N3O/c1-19(2,23)18-9-8-16(12-21-18)17-14-22(11-10-20-17)13-15-6-4-3-5-7-15/h8-10,12,14-15,23H,3-7,11,13H2,1-2H3. The summed E-state index contributed by atoms with van der Waals surface area (Å²) in [6.45, 7) is 5.53. The van der Waals surface area contributed by atoms with Gasteiger partial charge in [-0.2, -0.15) is 0 Å². The van der Waals surface area contributed by atoms with Crippen molar-refractivity contribution in [1.82, 2.24) is 9.88 Å². The molecule has 4 nitrogen and oxygen atoms in total. The summed E-state index contributed by atoms with van der Waals surface area (Å²) in [6.07, 6.45) is 12.8. The van der Waals surface area contributed by atoms with Crippen molar-refractivity contribution in [2.45, 2.75) is 51.6 Å². The van der Waals surface area contributed by atoms with Gasteiger partial charge in [-0.05, 0) is 44.7 Å². The van der Waals surface area contributed by atoms with Gasteiger partial charge in [-0.3, -0.25) is 9.98 Å². The van der Waals surface area contributed by atoms with Crippen molar-refractivity contribution in [3.63, 3.8) is 0 Å². The third kappa shape index (κ3) is 4.20. The zero-order chi connectivity index (χ0) is 16.3. The number of hydrogen-bond donors (Lipinski definition) is 1. The molecule has 1 N–H and O–H groups in total. The number of pyridine rings is 1. The van der Waals surface area contributed by atoms with E-state index in [2.05, 4.69) is 21.1 Å². The molecule has 0 spiro atoms. The lowest BCUT2D eigenvalue weighted by atomic mass is 9.89. The van der Waals surface area contributed by atoms with E-state index in [4.69, 9.17) is 0 Å². The molecule has 1 aliphatic heterocycles. The minimum atomic E-state index is -0.907. The van der Waals surface area contributed by atoms with Crippen LogP contribution in [0.4, 0.5) is 0 Å². The molecule has 4 heteroatoms. The molecular weight excluding hydrogens is 286 g/mol. The van der Waals surface area contributed by atoms with Crippen LogP contribution in [0.1, 0.15) is 57.2 Å². The van der Waals surface area contributed by atoms with Crippen molar-refractivity contribution in [1.29, 1.82) is 0 Å². The fourth-order valence-corrected chi connectivity index (χ4v) is 3.39. The highest BCUT2D eigenvalue weighted by Gasteiger charge is 2.19. The van der Waals surface area contributed by atoms with Crippen LogP contribution in [-0.4, -0.2) is 34.3 Å². The molecule has 1 aromatic rings. The average molecular weight is 313 g/mol. The topological polar surface area (TPSA) is 48.7 Å². The Hall–Kier alpha value is -1.68. The van der Waals surface area contributed by atoms with Crippen molar-refractivity contribution in [2.24, 2.45) is 10.9 Å². The van der Waals surface area contributed by atoms with E-state index in [9.17, 15) is 5.11 Å².